The molecule has 0 aliphatic rings. The van der Waals surface area contributed by atoms with Gasteiger partial charge in [-0.05, 0) is 17.7 Å². The molecule has 4 heteroatoms. The quantitative estimate of drug-likeness (QED) is 0.440. The van der Waals surface area contributed by atoms with Crippen molar-refractivity contribution in [3.63, 3.8) is 0 Å². The van der Waals surface area contributed by atoms with Crippen LogP contribution in [0.5, 0.6) is 5.75 Å². The van der Waals surface area contributed by atoms with Crippen LogP contribution in [0.4, 0.5) is 0 Å². The first-order valence-corrected chi connectivity index (χ1v) is 9.10. The molecule has 0 saturated carbocycles. The number of carbonyl (C=O) groups excluding carboxylic acids is 1. The lowest BCUT2D eigenvalue weighted by Gasteiger charge is -2.16. The van der Waals surface area contributed by atoms with Crippen LogP contribution in [0.1, 0.15) is 29.2 Å². The summed E-state index contributed by atoms with van der Waals surface area (Å²) in [7, 11) is 3.02. The molecule has 0 aliphatic carbocycles. The zero-order valence-electron chi connectivity index (χ0n) is 16.0. The van der Waals surface area contributed by atoms with Crippen molar-refractivity contribution in [3.8, 4) is 5.75 Å². The van der Waals surface area contributed by atoms with Crippen molar-refractivity contribution in [1.29, 1.82) is 0 Å². The fourth-order valence-electron chi connectivity index (χ4n) is 2.97. The Morgan fingerprint density at radius 2 is 1.36 bits per heavy atom. The van der Waals surface area contributed by atoms with E-state index in [9.17, 15) is 4.79 Å². The first-order valence-electron chi connectivity index (χ1n) is 9.10. The van der Waals surface area contributed by atoms with Gasteiger partial charge >= 0.3 is 5.97 Å². The third-order valence-electron chi connectivity index (χ3n) is 4.47. The summed E-state index contributed by atoms with van der Waals surface area (Å²) in [5.74, 6) is 0.459. The minimum atomic E-state index is -0.367. The average Bonchev–Trinajstić information content (AvgIpc) is 2.77. The van der Waals surface area contributed by atoms with Crippen LogP contribution in [0.15, 0.2) is 89.9 Å². The normalized spacial score (nSPS) is 11.4. The molecule has 3 aromatic carbocycles. The van der Waals surface area contributed by atoms with Gasteiger partial charge in [0.25, 0.3) is 0 Å². The van der Waals surface area contributed by atoms with Gasteiger partial charge in [0.2, 0.25) is 0 Å². The molecule has 0 spiro atoms. The zero-order valence-corrected chi connectivity index (χ0v) is 16.0. The number of methoxy groups -OCH3 is 2. The summed E-state index contributed by atoms with van der Waals surface area (Å²) >= 11 is 0. The SMILES string of the molecule is COC(=O)CC(N=C(c1ccccc1)c1ccccc1)c1ccc(OC)cc1. The van der Waals surface area contributed by atoms with E-state index in [0.717, 1.165) is 28.2 Å². The van der Waals surface area contributed by atoms with E-state index >= 15 is 0 Å². The molecule has 0 fully saturated rings. The highest BCUT2D eigenvalue weighted by Crippen LogP contribution is 2.26. The molecule has 1 atom stereocenters. The second-order valence-electron chi connectivity index (χ2n) is 6.28. The summed E-state index contributed by atoms with van der Waals surface area (Å²) in [6.45, 7) is 0. The van der Waals surface area contributed by atoms with Crippen molar-refractivity contribution in [1.82, 2.24) is 0 Å². The molecule has 4 nitrogen and oxygen atoms in total. The molecule has 3 rings (SSSR count). The highest BCUT2D eigenvalue weighted by Gasteiger charge is 2.18. The number of nitrogens with zero attached hydrogens (tertiary/aromatic N) is 1. The van der Waals surface area contributed by atoms with E-state index in [2.05, 4.69) is 0 Å². The van der Waals surface area contributed by atoms with E-state index in [4.69, 9.17) is 14.5 Å². The summed E-state index contributed by atoms with van der Waals surface area (Å²) in [6.07, 6.45) is 0.159. The highest BCUT2D eigenvalue weighted by molar-refractivity contribution is 6.13. The molecular formula is C24H23NO3. The Hall–Kier alpha value is -3.40. The van der Waals surface area contributed by atoms with Crippen molar-refractivity contribution < 1.29 is 14.3 Å². The van der Waals surface area contributed by atoms with E-state index in [1.54, 1.807) is 7.11 Å². The summed E-state index contributed by atoms with van der Waals surface area (Å²) in [6, 6.07) is 27.2. The van der Waals surface area contributed by atoms with Crippen LogP contribution < -0.4 is 4.74 Å². The Balaban J connectivity index is 2.08. The molecule has 0 aliphatic heterocycles. The number of hydrogen-bond acceptors (Lipinski definition) is 4. The van der Waals surface area contributed by atoms with Gasteiger partial charge in [-0.2, -0.15) is 0 Å². The van der Waals surface area contributed by atoms with Crippen LogP contribution in [0, 0.1) is 0 Å². The van der Waals surface area contributed by atoms with E-state index in [-0.39, 0.29) is 18.4 Å². The van der Waals surface area contributed by atoms with E-state index in [1.165, 1.54) is 7.11 Å². The number of hydrogen-bond donors (Lipinski definition) is 0. The monoisotopic (exact) mass is 373 g/mol. The predicted molar refractivity (Wildman–Crippen MR) is 111 cm³/mol. The van der Waals surface area contributed by atoms with Crippen molar-refractivity contribution in [2.75, 3.05) is 14.2 Å². The minimum absolute atomic E-state index is 0.159. The lowest BCUT2D eigenvalue weighted by molar-refractivity contribution is -0.141. The van der Waals surface area contributed by atoms with Gasteiger partial charge in [-0.3, -0.25) is 9.79 Å². The fourth-order valence-corrected chi connectivity index (χ4v) is 2.97. The number of esters is 1. The van der Waals surface area contributed by atoms with Crippen LogP contribution in [-0.4, -0.2) is 25.9 Å². The summed E-state index contributed by atoms with van der Waals surface area (Å²) in [5.41, 5.74) is 3.76. The highest BCUT2D eigenvalue weighted by atomic mass is 16.5. The second-order valence-corrected chi connectivity index (χ2v) is 6.28. The minimum Gasteiger partial charge on any atom is -0.497 e. The van der Waals surface area contributed by atoms with Gasteiger partial charge in [0.15, 0.2) is 0 Å². The first kappa shape index (κ1) is 19.4. The lowest BCUT2D eigenvalue weighted by Crippen LogP contribution is -2.11. The second kappa shape index (κ2) is 9.51. The molecule has 3 aromatic rings. The standard InChI is InChI=1S/C24H23NO3/c1-27-21-15-13-18(14-16-21)22(17-23(26)28-2)25-24(19-9-5-3-6-10-19)20-11-7-4-8-12-20/h3-16,22H,17H2,1-2H3. The van der Waals surface area contributed by atoms with Crippen molar-refractivity contribution in [3.05, 3.63) is 102 Å². The third kappa shape index (κ3) is 4.86. The predicted octanol–water partition coefficient (Wildman–Crippen LogP) is 4.84. The van der Waals surface area contributed by atoms with Crippen LogP contribution in [0.3, 0.4) is 0 Å². The van der Waals surface area contributed by atoms with E-state index < -0.39 is 0 Å². The van der Waals surface area contributed by atoms with Gasteiger partial charge in [-0.1, -0.05) is 72.8 Å². The van der Waals surface area contributed by atoms with Gasteiger partial charge in [0.05, 0.1) is 32.4 Å². The van der Waals surface area contributed by atoms with Crippen LogP contribution in [0.25, 0.3) is 0 Å². The van der Waals surface area contributed by atoms with E-state index in [0.29, 0.717) is 0 Å². The molecule has 1 unspecified atom stereocenters. The molecule has 0 bridgehead atoms. The topological polar surface area (TPSA) is 47.9 Å². The Labute approximate surface area is 165 Å². The number of rotatable bonds is 7. The molecule has 0 saturated heterocycles. The van der Waals surface area contributed by atoms with Gasteiger partial charge in [-0.15, -0.1) is 0 Å². The zero-order chi connectivity index (χ0) is 19.8. The Bertz CT molecular complexity index is 878. The fraction of sp³-hybridized carbons (Fsp3) is 0.167. The number of carbonyl (C=O) groups is 1. The molecule has 0 radical (unpaired) electrons. The molecule has 0 N–H and O–H groups in total. The summed E-state index contributed by atoms with van der Waals surface area (Å²) < 4.78 is 10.2. The van der Waals surface area contributed by atoms with Crippen LogP contribution in [-0.2, 0) is 9.53 Å². The number of benzene rings is 3. The van der Waals surface area contributed by atoms with Crippen molar-refractivity contribution in [2.24, 2.45) is 4.99 Å². The third-order valence-corrected chi connectivity index (χ3v) is 4.47. The molecule has 28 heavy (non-hydrogen) atoms. The first-order chi connectivity index (χ1) is 13.7. The molecule has 142 valence electrons. The van der Waals surface area contributed by atoms with Gasteiger partial charge in [-0.25, -0.2) is 0 Å². The number of aliphatic imine (C=N–C) groups is 1. The lowest BCUT2D eigenvalue weighted by atomic mass is 9.99. The van der Waals surface area contributed by atoms with Gasteiger partial charge in [0, 0.05) is 11.1 Å². The Morgan fingerprint density at radius 1 is 0.821 bits per heavy atom. The Morgan fingerprint density at radius 3 is 1.82 bits per heavy atom. The maximum atomic E-state index is 12.1. The smallest absolute Gasteiger partial charge is 0.308 e. The molecule has 0 heterocycles. The molecule has 0 amide bonds. The van der Waals surface area contributed by atoms with Gasteiger partial charge < -0.3 is 9.47 Å². The maximum Gasteiger partial charge on any atom is 0.308 e. The average molecular weight is 373 g/mol. The largest absolute Gasteiger partial charge is 0.497 e. The van der Waals surface area contributed by atoms with Crippen LogP contribution >= 0.6 is 0 Å². The summed E-state index contributed by atoms with van der Waals surface area (Å²) in [5, 5.41) is 0. The number of ether oxygens (including phenoxy) is 2. The van der Waals surface area contributed by atoms with E-state index in [1.807, 2.05) is 84.9 Å². The van der Waals surface area contributed by atoms with Crippen molar-refractivity contribution in [2.45, 2.75) is 12.5 Å². The van der Waals surface area contributed by atoms with Crippen molar-refractivity contribution >= 4 is 11.7 Å². The summed E-state index contributed by atoms with van der Waals surface area (Å²) in [4.78, 5) is 17.1. The maximum absolute atomic E-state index is 12.1. The Kier molecular flexibility index (Phi) is 6.58. The van der Waals surface area contributed by atoms with Crippen LogP contribution in [0.2, 0.25) is 0 Å². The van der Waals surface area contributed by atoms with Gasteiger partial charge in [0.1, 0.15) is 5.75 Å². The molecule has 0 aromatic heterocycles. The molecular weight excluding hydrogens is 350 g/mol.